The Labute approximate surface area is 153 Å². The largest absolute Gasteiger partial charge is 0.411 e. The third-order valence-corrected chi connectivity index (χ3v) is 10.7. The molecule has 2 atom stereocenters. The zero-order chi connectivity index (χ0) is 19.5. The summed E-state index contributed by atoms with van der Waals surface area (Å²) in [6.07, 6.45) is -0.849. The molecule has 0 spiro atoms. The van der Waals surface area contributed by atoms with E-state index in [2.05, 4.69) is 33.9 Å². The van der Waals surface area contributed by atoms with Crippen molar-refractivity contribution < 1.29 is 22.1 Å². The number of aryl methyl sites for hydroxylation is 1. The second kappa shape index (κ2) is 8.31. The second-order valence-electron chi connectivity index (χ2n) is 7.91. The molecule has 0 bridgehead atoms. The Kier molecular flexibility index (Phi) is 7.41. The van der Waals surface area contributed by atoms with Crippen LogP contribution in [-0.4, -0.2) is 40.7 Å². The molecule has 1 N–H and O–H groups in total. The molecule has 1 rings (SSSR count). The van der Waals surface area contributed by atoms with Gasteiger partial charge in [0.25, 0.3) is 10.1 Å². The van der Waals surface area contributed by atoms with Gasteiger partial charge in [-0.05, 0) is 43.6 Å². The predicted octanol–water partition coefficient (Wildman–Crippen LogP) is 3.86. The van der Waals surface area contributed by atoms with Gasteiger partial charge in [-0.1, -0.05) is 45.4 Å². The van der Waals surface area contributed by atoms with E-state index >= 15 is 0 Å². The lowest BCUT2D eigenvalue weighted by Gasteiger charge is -2.40. The number of rotatable bonds is 8. The highest BCUT2D eigenvalue weighted by Crippen LogP contribution is 2.38. The Morgan fingerprint density at radius 1 is 1.12 bits per heavy atom. The molecule has 2 unspecified atom stereocenters. The summed E-state index contributed by atoms with van der Waals surface area (Å²) in [7, 11) is -6.08. The number of hydrogen-bond acceptors (Lipinski definition) is 5. The maximum absolute atomic E-state index is 12.5. The van der Waals surface area contributed by atoms with Gasteiger partial charge in [-0.2, -0.15) is 8.42 Å². The fourth-order valence-corrected chi connectivity index (χ4v) is 4.63. The maximum atomic E-state index is 12.5. The van der Waals surface area contributed by atoms with Crippen LogP contribution in [0.1, 0.15) is 39.7 Å². The van der Waals surface area contributed by atoms with E-state index < -0.39 is 37.3 Å². The third-order valence-electron chi connectivity index (χ3n) is 4.81. The van der Waals surface area contributed by atoms with Gasteiger partial charge in [-0.3, -0.25) is 4.18 Å². The molecule has 144 valence electrons. The molecule has 0 saturated heterocycles. The Balaban J connectivity index is 3.01. The molecule has 0 fully saturated rings. The molecule has 25 heavy (non-hydrogen) atoms. The number of benzene rings is 1. The lowest BCUT2D eigenvalue weighted by molar-refractivity contribution is 0.0108. The van der Waals surface area contributed by atoms with Crippen LogP contribution < -0.4 is 0 Å². The number of hydrogen-bond donors (Lipinski definition) is 1. The quantitative estimate of drug-likeness (QED) is 0.541. The average molecular weight is 389 g/mol. The smallest absolute Gasteiger partial charge is 0.297 e. The van der Waals surface area contributed by atoms with Crippen molar-refractivity contribution in [2.45, 2.75) is 76.3 Å². The third kappa shape index (κ3) is 5.89. The van der Waals surface area contributed by atoms with Crippen LogP contribution in [0.5, 0.6) is 0 Å². The minimum absolute atomic E-state index is 0.0176. The predicted molar refractivity (Wildman–Crippen MR) is 103 cm³/mol. The van der Waals surface area contributed by atoms with Gasteiger partial charge < -0.3 is 9.53 Å². The normalized spacial score (nSPS) is 15.8. The Morgan fingerprint density at radius 2 is 1.64 bits per heavy atom. The SMILES string of the molecule is CCC(O[Si](C)(C)C(C)(C)C)C(CO)OS(=O)(=O)c1ccc(C)cc1. The molecule has 0 aliphatic carbocycles. The fourth-order valence-electron chi connectivity index (χ4n) is 2.11. The van der Waals surface area contributed by atoms with Crippen molar-refractivity contribution in [1.29, 1.82) is 0 Å². The summed E-state index contributed by atoms with van der Waals surface area (Å²) in [5, 5.41) is 9.71. The van der Waals surface area contributed by atoms with E-state index in [9.17, 15) is 13.5 Å². The first-order valence-corrected chi connectivity index (χ1v) is 12.9. The van der Waals surface area contributed by atoms with Gasteiger partial charge in [0.1, 0.15) is 6.10 Å². The molecule has 0 heterocycles. The molecule has 0 aliphatic rings. The van der Waals surface area contributed by atoms with E-state index in [1.807, 2.05) is 13.8 Å². The summed E-state index contributed by atoms with van der Waals surface area (Å²) >= 11 is 0. The summed E-state index contributed by atoms with van der Waals surface area (Å²) in [4.78, 5) is 0.0822. The summed E-state index contributed by atoms with van der Waals surface area (Å²) in [5.74, 6) is 0. The van der Waals surface area contributed by atoms with Gasteiger partial charge in [0.2, 0.25) is 0 Å². The van der Waals surface area contributed by atoms with E-state index in [1.54, 1.807) is 12.1 Å². The van der Waals surface area contributed by atoms with Crippen LogP contribution in [-0.2, 0) is 18.7 Å². The lowest BCUT2D eigenvalue weighted by Crippen LogP contribution is -2.48. The van der Waals surface area contributed by atoms with Crippen molar-refractivity contribution in [1.82, 2.24) is 0 Å². The first kappa shape index (κ1) is 22.3. The van der Waals surface area contributed by atoms with Crippen molar-refractivity contribution >= 4 is 18.4 Å². The van der Waals surface area contributed by atoms with Crippen LogP contribution in [0.3, 0.4) is 0 Å². The first-order chi connectivity index (χ1) is 11.3. The van der Waals surface area contributed by atoms with E-state index in [0.29, 0.717) is 6.42 Å². The van der Waals surface area contributed by atoms with Crippen molar-refractivity contribution in [2.24, 2.45) is 0 Å². The minimum Gasteiger partial charge on any atom is -0.411 e. The van der Waals surface area contributed by atoms with Crippen molar-refractivity contribution in [2.75, 3.05) is 6.61 Å². The zero-order valence-corrected chi connectivity index (χ0v) is 18.2. The summed E-state index contributed by atoms with van der Waals surface area (Å²) in [5.41, 5.74) is 0.963. The van der Waals surface area contributed by atoms with Crippen molar-refractivity contribution in [3.63, 3.8) is 0 Å². The van der Waals surface area contributed by atoms with Crippen LogP contribution in [0.25, 0.3) is 0 Å². The molecular weight excluding hydrogens is 356 g/mol. The molecule has 0 amide bonds. The lowest BCUT2D eigenvalue weighted by atomic mass is 10.2. The highest BCUT2D eigenvalue weighted by molar-refractivity contribution is 7.86. The molecule has 7 heteroatoms. The van der Waals surface area contributed by atoms with Crippen molar-refractivity contribution in [3.8, 4) is 0 Å². The first-order valence-electron chi connectivity index (χ1n) is 8.62. The van der Waals surface area contributed by atoms with Gasteiger partial charge in [0, 0.05) is 0 Å². The van der Waals surface area contributed by atoms with Crippen LogP contribution in [0, 0.1) is 6.92 Å². The Bertz CT molecular complexity index is 647. The van der Waals surface area contributed by atoms with Gasteiger partial charge in [0.15, 0.2) is 8.32 Å². The molecular formula is C18H32O5SSi. The zero-order valence-electron chi connectivity index (χ0n) is 16.4. The second-order valence-corrected chi connectivity index (χ2v) is 14.2. The highest BCUT2D eigenvalue weighted by atomic mass is 32.2. The van der Waals surface area contributed by atoms with E-state index in [4.69, 9.17) is 8.61 Å². The average Bonchev–Trinajstić information content (AvgIpc) is 2.49. The highest BCUT2D eigenvalue weighted by Gasteiger charge is 2.41. The molecule has 0 radical (unpaired) electrons. The van der Waals surface area contributed by atoms with Gasteiger partial charge in [-0.25, -0.2) is 0 Å². The van der Waals surface area contributed by atoms with Crippen molar-refractivity contribution in [3.05, 3.63) is 29.8 Å². The molecule has 1 aromatic carbocycles. The van der Waals surface area contributed by atoms with Gasteiger partial charge >= 0.3 is 0 Å². The van der Waals surface area contributed by atoms with Gasteiger partial charge in [0.05, 0.1) is 17.6 Å². The van der Waals surface area contributed by atoms with Crippen LogP contribution >= 0.6 is 0 Å². The van der Waals surface area contributed by atoms with E-state index in [1.165, 1.54) is 12.1 Å². The summed E-state index contributed by atoms with van der Waals surface area (Å²) < 4.78 is 36.7. The molecule has 0 aliphatic heterocycles. The summed E-state index contributed by atoms with van der Waals surface area (Å²) in [6.45, 7) is 13.9. The number of aliphatic hydroxyl groups is 1. The summed E-state index contributed by atoms with van der Waals surface area (Å²) in [6, 6.07) is 6.45. The topological polar surface area (TPSA) is 72.8 Å². The van der Waals surface area contributed by atoms with Crippen LogP contribution in [0.2, 0.25) is 18.1 Å². The fraction of sp³-hybridized carbons (Fsp3) is 0.667. The molecule has 1 aromatic rings. The molecule has 0 aromatic heterocycles. The van der Waals surface area contributed by atoms with E-state index in [-0.39, 0.29) is 9.93 Å². The minimum atomic E-state index is -3.96. The van der Waals surface area contributed by atoms with Crippen LogP contribution in [0.15, 0.2) is 29.2 Å². The number of aliphatic hydroxyl groups excluding tert-OH is 1. The Hall–Kier alpha value is -0.733. The molecule has 5 nitrogen and oxygen atoms in total. The monoisotopic (exact) mass is 388 g/mol. The maximum Gasteiger partial charge on any atom is 0.297 e. The van der Waals surface area contributed by atoms with Crippen LogP contribution in [0.4, 0.5) is 0 Å². The van der Waals surface area contributed by atoms with E-state index in [0.717, 1.165) is 5.56 Å². The van der Waals surface area contributed by atoms with Gasteiger partial charge in [-0.15, -0.1) is 0 Å². The molecule has 0 saturated carbocycles. The Morgan fingerprint density at radius 3 is 2.04 bits per heavy atom. The standard InChI is InChI=1S/C18H32O5SSi/c1-8-16(23-25(6,7)18(3,4)5)17(13-19)22-24(20,21)15-11-9-14(2)10-12-15/h9-12,16-17,19H,8,13H2,1-7H3.